The van der Waals surface area contributed by atoms with Gasteiger partial charge < -0.3 is 25.4 Å². The van der Waals surface area contributed by atoms with Crippen LogP contribution in [-0.2, 0) is 0 Å². The Bertz CT molecular complexity index is 1580. The molecule has 2 aliphatic rings. The molecule has 2 atom stereocenters. The highest BCUT2D eigenvalue weighted by Crippen LogP contribution is 2.36. The minimum atomic E-state index is -0.986. The number of carbonyl (C=O) groups is 1. The first-order chi connectivity index (χ1) is 20.4. The van der Waals surface area contributed by atoms with Gasteiger partial charge in [0.15, 0.2) is 11.6 Å². The quantitative estimate of drug-likeness (QED) is 0.235. The van der Waals surface area contributed by atoms with E-state index in [1.165, 1.54) is 18.2 Å². The molecule has 2 saturated heterocycles. The molecule has 4 aromatic carbocycles. The third-order valence-corrected chi connectivity index (χ3v) is 7.48. The van der Waals surface area contributed by atoms with Crippen LogP contribution in [0.5, 0.6) is 11.5 Å². The lowest BCUT2D eigenvalue weighted by atomic mass is 10.0. The normalized spacial score (nSPS) is 18.2. The predicted molar refractivity (Wildman–Crippen MR) is 155 cm³/mol. The lowest BCUT2D eigenvalue weighted by Crippen LogP contribution is -2.20. The van der Waals surface area contributed by atoms with E-state index >= 15 is 0 Å². The Morgan fingerprint density at radius 3 is 1.93 bits per heavy atom. The van der Waals surface area contributed by atoms with Crippen molar-refractivity contribution in [3.63, 3.8) is 0 Å². The highest BCUT2D eigenvalue weighted by atomic mass is 19.2. The van der Waals surface area contributed by atoms with E-state index in [9.17, 15) is 18.0 Å². The zero-order chi connectivity index (χ0) is 29.1. The Labute approximate surface area is 241 Å². The number of hydrogen-bond acceptors (Lipinski definition) is 5. The number of hydrogen-bond donors (Lipinski definition) is 3. The van der Waals surface area contributed by atoms with Crippen molar-refractivity contribution in [1.82, 2.24) is 10.6 Å². The summed E-state index contributed by atoms with van der Waals surface area (Å²) in [4.78, 5) is 13.4. The molecule has 0 aliphatic carbocycles. The van der Waals surface area contributed by atoms with Crippen molar-refractivity contribution < 1.29 is 27.4 Å². The number of halogens is 3. The number of anilines is 1. The number of benzene rings is 4. The average Bonchev–Trinajstić information content (AvgIpc) is 3.71. The van der Waals surface area contributed by atoms with Crippen LogP contribution in [0.3, 0.4) is 0 Å². The van der Waals surface area contributed by atoms with Crippen LogP contribution in [0.25, 0.3) is 22.3 Å². The fraction of sp³-hybridized carbons (Fsp3) is 0.242. The Hall–Kier alpha value is -4.34. The topological polar surface area (TPSA) is 71.6 Å². The second kappa shape index (κ2) is 12.3. The van der Waals surface area contributed by atoms with Crippen molar-refractivity contribution in [2.45, 2.75) is 25.0 Å². The molecule has 0 bridgehead atoms. The Kier molecular flexibility index (Phi) is 8.12. The molecular weight excluding hydrogens is 543 g/mol. The van der Waals surface area contributed by atoms with Gasteiger partial charge in [-0.1, -0.05) is 18.2 Å². The van der Waals surface area contributed by atoms with E-state index in [1.54, 1.807) is 48.5 Å². The van der Waals surface area contributed by atoms with E-state index in [-0.39, 0.29) is 18.0 Å². The van der Waals surface area contributed by atoms with Crippen LogP contribution >= 0.6 is 0 Å². The molecule has 0 aromatic heterocycles. The molecule has 2 heterocycles. The summed E-state index contributed by atoms with van der Waals surface area (Å²) in [6, 6.07) is 20.0. The van der Waals surface area contributed by atoms with E-state index < -0.39 is 17.5 Å². The average molecular weight is 574 g/mol. The second-order valence-electron chi connectivity index (χ2n) is 10.5. The second-order valence-corrected chi connectivity index (χ2v) is 10.5. The summed E-state index contributed by atoms with van der Waals surface area (Å²) in [5.41, 5.74) is 3.17. The molecular formula is C33H30F3N3O3. The lowest BCUT2D eigenvalue weighted by molar-refractivity contribution is 0.102. The molecule has 2 fully saturated rings. The fourth-order valence-corrected chi connectivity index (χ4v) is 5.25. The molecule has 0 spiro atoms. The van der Waals surface area contributed by atoms with Gasteiger partial charge in [-0.15, -0.1) is 0 Å². The van der Waals surface area contributed by atoms with Gasteiger partial charge in [-0.25, -0.2) is 13.2 Å². The Morgan fingerprint density at radius 2 is 1.31 bits per heavy atom. The van der Waals surface area contributed by atoms with Crippen LogP contribution in [0.4, 0.5) is 18.9 Å². The molecule has 3 N–H and O–H groups in total. The van der Waals surface area contributed by atoms with Crippen LogP contribution in [0.1, 0.15) is 23.2 Å². The van der Waals surface area contributed by atoms with Gasteiger partial charge >= 0.3 is 0 Å². The maximum absolute atomic E-state index is 14.2. The van der Waals surface area contributed by atoms with Crippen molar-refractivity contribution in [2.24, 2.45) is 0 Å². The minimum absolute atomic E-state index is 0.0140. The molecule has 216 valence electrons. The van der Waals surface area contributed by atoms with Gasteiger partial charge in [-0.2, -0.15) is 0 Å². The molecule has 6 nitrogen and oxygen atoms in total. The molecule has 9 heteroatoms. The smallest absolute Gasteiger partial charge is 0.255 e. The zero-order valence-electron chi connectivity index (χ0n) is 22.8. The van der Waals surface area contributed by atoms with Crippen LogP contribution in [-0.4, -0.2) is 44.3 Å². The molecule has 2 aliphatic heterocycles. The summed E-state index contributed by atoms with van der Waals surface area (Å²) in [5, 5.41) is 9.44. The van der Waals surface area contributed by atoms with Gasteiger partial charge in [0.05, 0.1) is 0 Å². The van der Waals surface area contributed by atoms with E-state index in [1.807, 2.05) is 0 Å². The number of nitrogens with one attached hydrogen (secondary N) is 3. The summed E-state index contributed by atoms with van der Waals surface area (Å²) < 4.78 is 53.9. The van der Waals surface area contributed by atoms with Gasteiger partial charge in [0.2, 0.25) is 0 Å². The van der Waals surface area contributed by atoms with Crippen LogP contribution < -0.4 is 25.4 Å². The summed E-state index contributed by atoms with van der Waals surface area (Å²) in [6.07, 6.45) is 1.63. The SMILES string of the molecule is O=C(Nc1ccc(O[C@@H]2CCNC2)c(-c2ccc(F)cc2)c1)c1ccc(O[C@@H]2CCNC2)c(-c2ccc(F)c(F)c2)c1. The van der Waals surface area contributed by atoms with Gasteiger partial charge in [0.1, 0.15) is 29.5 Å². The highest BCUT2D eigenvalue weighted by Gasteiger charge is 2.21. The first-order valence-corrected chi connectivity index (χ1v) is 14.0. The predicted octanol–water partition coefficient (Wildman–Crippen LogP) is 6.17. The van der Waals surface area contributed by atoms with Crippen molar-refractivity contribution in [3.8, 4) is 33.8 Å². The van der Waals surface area contributed by atoms with Gasteiger partial charge in [-0.3, -0.25) is 4.79 Å². The van der Waals surface area contributed by atoms with E-state index in [2.05, 4.69) is 16.0 Å². The minimum Gasteiger partial charge on any atom is -0.488 e. The van der Waals surface area contributed by atoms with E-state index in [0.717, 1.165) is 55.7 Å². The third kappa shape index (κ3) is 6.27. The summed E-state index contributed by atoms with van der Waals surface area (Å²) in [7, 11) is 0. The van der Waals surface area contributed by atoms with Crippen LogP contribution in [0, 0.1) is 17.5 Å². The Morgan fingerprint density at radius 1 is 0.690 bits per heavy atom. The number of ether oxygens (including phenoxy) is 2. The number of rotatable bonds is 8. The summed E-state index contributed by atoms with van der Waals surface area (Å²) in [5.74, 6) is -1.57. The van der Waals surface area contributed by atoms with Crippen LogP contribution in [0.15, 0.2) is 78.9 Å². The number of amides is 1. The van der Waals surface area contributed by atoms with E-state index in [0.29, 0.717) is 40.4 Å². The Balaban J connectivity index is 1.30. The van der Waals surface area contributed by atoms with Crippen molar-refractivity contribution in [2.75, 3.05) is 31.5 Å². The zero-order valence-corrected chi connectivity index (χ0v) is 22.8. The highest BCUT2D eigenvalue weighted by molar-refractivity contribution is 6.05. The maximum atomic E-state index is 14.2. The van der Waals surface area contributed by atoms with Gasteiger partial charge in [0, 0.05) is 35.5 Å². The lowest BCUT2D eigenvalue weighted by Gasteiger charge is -2.19. The van der Waals surface area contributed by atoms with Crippen molar-refractivity contribution in [3.05, 3.63) is 102 Å². The van der Waals surface area contributed by atoms with Crippen molar-refractivity contribution >= 4 is 11.6 Å². The molecule has 4 aromatic rings. The maximum Gasteiger partial charge on any atom is 0.255 e. The first-order valence-electron chi connectivity index (χ1n) is 14.0. The molecule has 6 rings (SSSR count). The largest absolute Gasteiger partial charge is 0.488 e. The van der Waals surface area contributed by atoms with Gasteiger partial charge in [-0.05, 0) is 97.7 Å². The third-order valence-electron chi connectivity index (χ3n) is 7.48. The molecule has 42 heavy (non-hydrogen) atoms. The van der Waals surface area contributed by atoms with Gasteiger partial charge in [0.25, 0.3) is 5.91 Å². The monoisotopic (exact) mass is 573 g/mol. The molecule has 0 radical (unpaired) electrons. The molecule has 0 saturated carbocycles. The summed E-state index contributed by atoms with van der Waals surface area (Å²) in [6.45, 7) is 3.11. The first kappa shape index (κ1) is 27.8. The summed E-state index contributed by atoms with van der Waals surface area (Å²) >= 11 is 0. The molecule has 0 unspecified atom stereocenters. The van der Waals surface area contributed by atoms with E-state index in [4.69, 9.17) is 9.47 Å². The van der Waals surface area contributed by atoms with Crippen molar-refractivity contribution in [1.29, 1.82) is 0 Å². The van der Waals surface area contributed by atoms with Crippen LogP contribution in [0.2, 0.25) is 0 Å². The standard InChI is InChI=1S/C33H30F3N3O3/c34-23-5-1-20(2-6-23)28-17-24(7-10-32(28)42-26-12-14-38-19-26)39-33(40)22-4-9-31(41-25-11-13-37-18-25)27(15-22)21-3-8-29(35)30(36)16-21/h1-10,15-17,25-26,37-38H,11-14,18-19H2,(H,39,40)/t25-,26-/m1/s1. The fourth-order valence-electron chi connectivity index (χ4n) is 5.25. The molecule has 1 amide bonds. The number of carbonyl (C=O) groups excluding carboxylic acids is 1.